The zero-order valence-electron chi connectivity index (χ0n) is 10.3. The predicted molar refractivity (Wildman–Crippen MR) is 69.0 cm³/mol. The number of hydrogen-bond donors (Lipinski definition) is 1. The highest BCUT2D eigenvalue weighted by molar-refractivity contribution is 5.47. The summed E-state index contributed by atoms with van der Waals surface area (Å²) >= 11 is 0. The van der Waals surface area contributed by atoms with Gasteiger partial charge >= 0.3 is 0 Å². The second-order valence-electron chi connectivity index (χ2n) is 5.02. The number of hydrogen-bond acceptors (Lipinski definition) is 2. The first-order chi connectivity index (χ1) is 8.33. The summed E-state index contributed by atoms with van der Waals surface area (Å²) in [6.07, 6.45) is 9.60. The molecule has 1 aliphatic carbocycles. The molecule has 3 rings (SSSR count). The maximum absolute atomic E-state index is 4.67. The number of rotatable bonds is 3. The van der Waals surface area contributed by atoms with Crippen LogP contribution in [0.15, 0.2) is 24.5 Å². The lowest BCUT2D eigenvalue weighted by Gasteiger charge is -2.09. The highest BCUT2D eigenvalue weighted by Gasteiger charge is 2.14. The van der Waals surface area contributed by atoms with Crippen molar-refractivity contribution in [2.45, 2.75) is 45.2 Å². The van der Waals surface area contributed by atoms with E-state index in [1.165, 1.54) is 31.2 Å². The fourth-order valence-corrected chi connectivity index (χ4v) is 2.67. The van der Waals surface area contributed by atoms with Crippen LogP contribution in [-0.4, -0.2) is 15.4 Å². The number of aromatic nitrogens is 2. The van der Waals surface area contributed by atoms with Crippen LogP contribution in [0.2, 0.25) is 0 Å². The van der Waals surface area contributed by atoms with Crippen molar-refractivity contribution >= 4 is 5.65 Å². The van der Waals surface area contributed by atoms with Gasteiger partial charge in [-0.05, 0) is 31.4 Å². The van der Waals surface area contributed by atoms with E-state index in [2.05, 4.69) is 46.2 Å². The first-order valence-electron chi connectivity index (χ1n) is 6.49. The largest absolute Gasteiger partial charge is 0.308 e. The van der Waals surface area contributed by atoms with E-state index in [1.54, 1.807) is 0 Å². The molecule has 1 aliphatic rings. The standard InChI is InChI=1S/C14H19N3/c1-11-5-4-8-17-10-13(16-14(11)17)9-15-12-6-2-3-7-12/h4-5,8,10,12,15H,2-3,6-7,9H2,1H3. The fourth-order valence-electron chi connectivity index (χ4n) is 2.67. The number of pyridine rings is 1. The normalized spacial score (nSPS) is 17.0. The van der Waals surface area contributed by atoms with E-state index in [-0.39, 0.29) is 0 Å². The van der Waals surface area contributed by atoms with Gasteiger partial charge in [-0.3, -0.25) is 0 Å². The lowest BCUT2D eigenvalue weighted by Crippen LogP contribution is -2.25. The van der Waals surface area contributed by atoms with Crippen LogP contribution in [0.4, 0.5) is 0 Å². The zero-order chi connectivity index (χ0) is 11.7. The van der Waals surface area contributed by atoms with E-state index in [9.17, 15) is 0 Å². The smallest absolute Gasteiger partial charge is 0.139 e. The Morgan fingerprint density at radius 2 is 2.24 bits per heavy atom. The van der Waals surface area contributed by atoms with Crippen LogP contribution in [0.1, 0.15) is 36.9 Å². The van der Waals surface area contributed by atoms with Gasteiger partial charge < -0.3 is 9.72 Å². The van der Waals surface area contributed by atoms with Gasteiger partial charge in [-0.25, -0.2) is 4.98 Å². The van der Waals surface area contributed by atoms with Gasteiger partial charge in [0.25, 0.3) is 0 Å². The third-order valence-electron chi connectivity index (χ3n) is 3.65. The number of imidazole rings is 1. The Hall–Kier alpha value is -1.35. The van der Waals surface area contributed by atoms with Crippen molar-refractivity contribution in [1.82, 2.24) is 14.7 Å². The predicted octanol–water partition coefficient (Wildman–Crippen LogP) is 2.67. The molecule has 0 atom stereocenters. The molecule has 0 aliphatic heterocycles. The lowest BCUT2D eigenvalue weighted by atomic mass is 10.2. The average Bonchev–Trinajstić information content (AvgIpc) is 2.95. The minimum Gasteiger partial charge on any atom is -0.308 e. The Morgan fingerprint density at radius 3 is 3.00 bits per heavy atom. The molecule has 0 amide bonds. The maximum atomic E-state index is 4.67. The van der Waals surface area contributed by atoms with Crippen LogP contribution < -0.4 is 5.32 Å². The van der Waals surface area contributed by atoms with Gasteiger partial charge in [0, 0.05) is 25.0 Å². The highest BCUT2D eigenvalue weighted by atomic mass is 15.0. The molecule has 2 aromatic rings. The molecule has 1 fully saturated rings. The molecule has 0 radical (unpaired) electrons. The zero-order valence-corrected chi connectivity index (χ0v) is 10.3. The fraction of sp³-hybridized carbons (Fsp3) is 0.500. The van der Waals surface area contributed by atoms with Gasteiger partial charge in [-0.1, -0.05) is 18.9 Å². The molecule has 3 nitrogen and oxygen atoms in total. The molecule has 3 heteroatoms. The summed E-state index contributed by atoms with van der Waals surface area (Å²) in [6, 6.07) is 4.88. The third-order valence-corrected chi connectivity index (χ3v) is 3.65. The Balaban J connectivity index is 1.74. The van der Waals surface area contributed by atoms with Gasteiger partial charge in [0.05, 0.1) is 5.69 Å². The Kier molecular flexibility index (Phi) is 2.85. The number of fused-ring (bicyclic) bond motifs is 1. The summed E-state index contributed by atoms with van der Waals surface area (Å²) in [5.74, 6) is 0. The molecule has 90 valence electrons. The van der Waals surface area contributed by atoms with Crippen molar-refractivity contribution in [2.75, 3.05) is 0 Å². The SMILES string of the molecule is Cc1cccn2cc(CNC3CCCC3)nc12. The monoisotopic (exact) mass is 229 g/mol. The Morgan fingerprint density at radius 1 is 1.41 bits per heavy atom. The van der Waals surface area contributed by atoms with Gasteiger partial charge in [0.15, 0.2) is 0 Å². The summed E-state index contributed by atoms with van der Waals surface area (Å²) in [4.78, 5) is 4.67. The van der Waals surface area contributed by atoms with Crippen LogP contribution >= 0.6 is 0 Å². The van der Waals surface area contributed by atoms with Crippen molar-refractivity contribution in [1.29, 1.82) is 0 Å². The molecule has 2 heterocycles. The van der Waals surface area contributed by atoms with Crippen LogP contribution in [-0.2, 0) is 6.54 Å². The summed E-state index contributed by atoms with van der Waals surface area (Å²) in [5, 5.41) is 3.60. The average molecular weight is 229 g/mol. The number of nitrogens with one attached hydrogen (secondary N) is 1. The molecule has 1 N–H and O–H groups in total. The van der Waals surface area contributed by atoms with Gasteiger partial charge in [0.2, 0.25) is 0 Å². The summed E-state index contributed by atoms with van der Waals surface area (Å²) < 4.78 is 2.11. The van der Waals surface area contributed by atoms with Crippen molar-refractivity contribution in [3.8, 4) is 0 Å². The van der Waals surface area contributed by atoms with Crippen LogP contribution in [0.3, 0.4) is 0 Å². The first kappa shape index (κ1) is 10.8. The molecular formula is C14H19N3. The van der Waals surface area contributed by atoms with Gasteiger partial charge in [-0.15, -0.1) is 0 Å². The van der Waals surface area contributed by atoms with Crippen LogP contribution in [0.5, 0.6) is 0 Å². The molecule has 0 spiro atoms. The van der Waals surface area contributed by atoms with Crippen LogP contribution in [0.25, 0.3) is 5.65 Å². The van der Waals surface area contributed by atoms with Gasteiger partial charge in [0.1, 0.15) is 5.65 Å². The van der Waals surface area contributed by atoms with Gasteiger partial charge in [-0.2, -0.15) is 0 Å². The minimum atomic E-state index is 0.709. The molecule has 1 saturated carbocycles. The van der Waals surface area contributed by atoms with E-state index in [4.69, 9.17) is 0 Å². The van der Waals surface area contributed by atoms with Crippen molar-refractivity contribution in [3.05, 3.63) is 35.8 Å². The van der Waals surface area contributed by atoms with E-state index in [1.807, 2.05) is 0 Å². The highest BCUT2D eigenvalue weighted by Crippen LogP contribution is 2.18. The third kappa shape index (κ3) is 2.20. The lowest BCUT2D eigenvalue weighted by molar-refractivity contribution is 0.520. The topological polar surface area (TPSA) is 29.3 Å². The van der Waals surface area contributed by atoms with E-state index in [0.29, 0.717) is 6.04 Å². The molecule has 2 aromatic heterocycles. The molecule has 0 saturated heterocycles. The van der Waals surface area contributed by atoms with E-state index in [0.717, 1.165) is 17.9 Å². The molecule has 0 bridgehead atoms. The number of aryl methyl sites for hydroxylation is 1. The number of nitrogens with zero attached hydrogens (tertiary/aromatic N) is 2. The van der Waals surface area contributed by atoms with Crippen molar-refractivity contribution in [3.63, 3.8) is 0 Å². The van der Waals surface area contributed by atoms with E-state index < -0.39 is 0 Å². The quantitative estimate of drug-likeness (QED) is 0.876. The van der Waals surface area contributed by atoms with Crippen LogP contribution in [0, 0.1) is 6.92 Å². The van der Waals surface area contributed by atoms with E-state index >= 15 is 0 Å². The first-order valence-corrected chi connectivity index (χ1v) is 6.49. The maximum Gasteiger partial charge on any atom is 0.139 e. The second-order valence-corrected chi connectivity index (χ2v) is 5.02. The molecule has 17 heavy (non-hydrogen) atoms. The Bertz CT molecular complexity index is 509. The minimum absolute atomic E-state index is 0.709. The van der Waals surface area contributed by atoms with Crippen molar-refractivity contribution < 1.29 is 0 Å². The molecule has 0 unspecified atom stereocenters. The second kappa shape index (κ2) is 4.49. The molecular weight excluding hydrogens is 210 g/mol. The van der Waals surface area contributed by atoms with Crippen molar-refractivity contribution in [2.24, 2.45) is 0 Å². The summed E-state index contributed by atoms with van der Waals surface area (Å²) in [7, 11) is 0. The Labute approximate surface area is 102 Å². The molecule has 0 aromatic carbocycles. The summed E-state index contributed by atoms with van der Waals surface area (Å²) in [5.41, 5.74) is 3.46. The summed E-state index contributed by atoms with van der Waals surface area (Å²) in [6.45, 7) is 3.00.